The van der Waals surface area contributed by atoms with Gasteiger partial charge in [-0.1, -0.05) is 23.7 Å². The highest BCUT2D eigenvalue weighted by molar-refractivity contribution is 6.30. The van der Waals surface area contributed by atoms with Crippen LogP contribution in [0.5, 0.6) is 0 Å². The normalized spacial score (nSPS) is 10.2. The first-order valence-corrected chi connectivity index (χ1v) is 6.43. The van der Waals surface area contributed by atoms with Crippen molar-refractivity contribution in [2.45, 2.75) is 6.42 Å². The molecule has 1 amide bonds. The highest BCUT2D eigenvalue weighted by Crippen LogP contribution is 2.13. The maximum absolute atomic E-state index is 12.0. The molecule has 2 rings (SSSR count). The molecule has 2 aromatic rings. The van der Waals surface area contributed by atoms with Crippen LogP contribution in [0.25, 0.3) is 0 Å². The molecule has 0 aromatic heterocycles. The number of carbonyl (C=O) groups excluding carboxylic acids is 1. The third-order valence-corrected chi connectivity index (χ3v) is 3.00. The average molecular weight is 275 g/mol. The van der Waals surface area contributed by atoms with E-state index in [4.69, 9.17) is 17.3 Å². The summed E-state index contributed by atoms with van der Waals surface area (Å²) in [5.41, 5.74) is 7.99. The average Bonchev–Trinajstić information content (AvgIpc) is 2.42. The predicted octanol–water partition coefficient (Wildman–Crippen LogP) is 3.09. The highest BCUT2D eigenvalue weighted by atomic mass is 35.5. The molecule has 0 bridgehead atoms. The molecule has 0 radical (unpaired) electrons. The molecule has 0 heterocycles. The second-order valence-electron chi connectivity index (χ2n) is 4.20. The Balaban J connectivity index is 2.04. The third-order valence-electron chi connectivity index (χ3n) is 2.75. The third kappa shape index (κ3) is 3.81. The Morgan fingerprint density at radius 1 is 1.05 bits per heavy atom. The van der Waals surface area contributed by atoms with Crippen LogP contribution in [0.4, 0.5) is 5.69 Å². The number of halogens is 1. The first-order chi connectivity index (χ1) is 9.19. The summed E-state index contributed by atoms with van der Waals surface area (Å²) in [5, 5.41) is 3.45. The zero-order valence-corrected chi connectivity index (χ0v) is 11.2. The monoisotopic (exact) mass is 274 g/mol. The van der Waals surface area contributed by atoms with E-state index in [9.17, 15) is 4.79 Å². The van der Waals surface area contributed by atoms with E-state index in [0.717, 1.165) is 17.7 Å². The summed E-state index contributed by atoms with van der Waals surface area (Å²) in [6.45, 7) is 0.622. The molecule has 98 valence electrons. The second kappa shape index (κ2) is 6.36. The molecule has 3 N–H and O–H groups in total. The molecular weight excluding hydrogens is 260 g/mol. The molecule has 0 unspecified atom stereocenters. The summed E-state index contributed by atoms with van der Waals surface area (Å²) in [6.07, 6.45) is 0.839. The number of hydrogen-bond acceptors (Lipinski definition) is 2. The van der Waals surface area contributed by atoms with E-state index in [0.29, 0.717) is 17.1 Å². The van der Waals surface area contributed by atoms with Gasteiger partial charge in [0.1, 0.15) is 0 Å². The van der Waals surface area contributed by atoms with Crippen molar-refractivity contribution in [1.82, 2.24) is 0 Å². The number of nitrogens with two attached hydrogens (primary N) is 1. The molecule has 19 heavy (non-hydrogen) atoms. The Labute approximate surface area is 117 Å². The minimum Gasteiger partial charge on any atom is -0.330 e. The van der Waals surface area contributed by atoms with Gasteiger partial charge < -0.3 is 11.1 Å². The van der Waals surface area contributed by atoms with Crippen LogP contribution >= 0.6 is 11.6 Å². The van der Waals surface area contributed by atoms with Gasteiger partial charge in [-0.05, 0) is 54.9 Å². The molecule has 0 spiro atoms. The minimum atomic E-state index is -0.150. The summed E-state index contributed by atoms with van der Waals surface area (Å²) in [7, 11) is 0. The number of carbonyl (C=O) groups is 1. The lowest BCUT2D eigenvalue weighted by molar-refractivity contribution is 0.102. The van der Waals surface area contributed by atoms with Crippen molar-refractivity contribution in [2.24, 2.45) is 5.73 Å². The van der Waals surface area contributed by atoms with Gasteiger partial charge in [0.2, 0.25) is 0 Å². The van der Waals surface area contributed by atoms with Gasteiger partial charge in [0.25, 0.3) is 5.91 Å². The van der Waals surface area contributed by atoms with E-state index in [1.54, 1.807) is 24.3 Å². The molecule has 0 aliphatic heterocycles. The lowest BCUT2D eigenvalue weighted by Crippen LogP contribution is -2.11. The van der Waals surface area contributed by atoms with Crippen molar-refractivity contribution in [3.63, 3.8) is 0 Å². The molecule has 3 nitrogen and oxygen atoms in total. The van der Waals surface area contributed by atoms with Crippen LogP contribution in [-0.2, 0) is 6.42 Å². The summed E-state index contributed by atoms with van der Waals surface area (Å²) in [4.78, 5) is 12.0. The quantitative estimate of drug-likeness (QED) is 0.900. The fraction of sp³-hybridized carbons (Fsp3) is 0.133. The zero-order valence-electron chi connectivity index (χ0n) is 10.4. The van der Waals surface area contributed by atoms with E-state index >= 15 is 0 Å². The van der Waals surface area contributed by atoms with E-state index < -0.39 is 0 Å². The lowest BCUT2D eigenvalue weighted by Gasteiger charge is -2.06. The van der Waals surface area contributed by atoms with Crippen LogP contribution < -0.4 is 11.1 Å². The van der Waals surface area contributed by atoms with Gasteiger partial charge in [0.05, 0.1) is 0 Å². The molecule has 0 aliphatic rings. The Morgan fingerprint density at radius 2 is 1.68 bits per heavy atom. The van der Waals surface area contributed by atoms with Crippen LogP contribution in [0.1, 0.15) is 15.9 Å². The van der Waals surface area contributed by atoms with Crippen molar-refractivity contribution in [3.05, 3.63) is 64.7 Å². The Bertz CT molecular complexity index is 549. The van der Waals surface area contributed by atoms with Gasteiger partial charge in [-0.25, -0.2) is 0 Å². The number of rotatable bonds is 4. The van der Waals surface area contributed by atoms with Gasteiger partial charge >= 0.3 is 0 Å². The number of benzene rings is 2. The minimum absolute atomic E-state index is 0.150. The fourth-order valence-corrected chi connectivity index (χ4v) is 1.85. The van der Waals surface area contributed by atoms with Crippen LogP contribution in [0.2, 0.25) is 5.02 Å². The van der Waals surface area contributed by atoms with Crippen molar-refractivity contribution in [3.8, 4) is 0 Å². The Kier molecular flexibility index (Phi) is 4.55. The Hall–Kier alpha value is -1.84. The molecule has 0 aliphatic carbocycles. The zero-order chi connectivity index (χ0) is 13.7. The smallest absolute Gasteiger partial charge is 0.255 e. The summed E-state index contributed by atoms with van der Waals surface area (Å²) >= 11 is 5.78. The molecule has 2 aromatic carbocycles. The van der Waals surface area contributed by atoms with Crippen LogP contribution in [0.15, 0.2) is 48.5 Å². The highest BCUT2D eigenvalue weighted by Gasteiger charge is 2.05. The van der Waals surface area contributed by atoms with Crippen molar-refractivity contribution in [1.29, 1.82) is 0 Å². The number of amides is 1. The maximum atomic E-state index is 12.0. The molecule has 0 atom stereocenters. The Morgan fingerprint density at radius 3 is 2.26 bits per heavy atom. The maximum Gasteiger partial charge on any atom is 0.255 e. The van der Waals surface area contributed by atoms with Gasteiger partial charge in [0, 0.05) is 16.3 Å². The summed E-state index contributed by atoms with van der Waals surface area (Å²) < 4.78 is 0. The van der Waals surface area contributed by atoms with Crippen molar-refractivity contribution < 1.29 is 4.79 Å². The summed E-state index contributed by atoms with van der Waals surface area (Å²) in [5.74, 6) is -0.150. The van der Waals surface area contributed by atoms with Crippen LogP contribution in [0.3, 0.4) is 0 Å². The topological polar surface area (TPSA) is 55.1 Å². The van der Waals surface area contributed by atoms with Crippen molar-refractivity contribution >= 4 is 23.2 Å². The largest absolute Gasteiger partial charge is 0.330 e. The first-order valence-electron chi connectivity index (χ1n) is 6.05. The molecular formula is C15H15ClN2O. The predicted molar refractivity (Wildman–Crippen MR) is 78.6 cm³/mol. The van der Waals surface area contributed by atoms with E-state index in [1.165, 1.54) is 0 Å². The molecule has 0 saturated carbocycles. The summed E-state index contributed by atoms with van der Waals surface area (Å²) in [6, 6.07) is 14.5. The van der Waals surface area contributed by atoms with Gasteiger partial charge in [0.15, 0.2) is 0 Å². The van der Waals surface area contributed by atoms with Crippen molar-refractivity contribution in [2.75, 3.05) is 11.9 Å². The first kappa shape index (κ1) is 13.6. The standard InChI is InChI=1S/C15H15ClN2O/c16-13-5-3-12(4-6-13)15(19)18-14-7-1-11(2-8-14)9-10-17/h1-8H,9-10,17H2,(H,18,19). The lowest BCUT2D eigenvalue weighted by atomic mass is 10.1. The van der Waals surface area contributed by atoms with Crippen LogP contribution in [-0.4, -0.2) is 12.5 Å². The number of hydrogen-bond donors (Lipinski definition) is 2. The van der Waals surface area contributed by atoms with E-state index in [-0.39, 0.29) is 5.91 Å². The van der Waals surface area contributed by atoms with E-state index in [1.807, 2.05) is 24.3 Å². The van der Waals surface area contributed by atoms with E-state index in [2.05, 4.69) is 5.32 Å². The number of anilines is 1. The SMILES string of the molecule is NCCc1ccc(NC(=O)c2ccc(Cl)cc2)cc1. The van der Waals surface area contributed by atoms with Gasteiger partial charge in [-0.3, -0.25) is 4.79 Å². The number of nitrogens with one attached hydrogen (secondary N) is 1. The molecule has 0 saturated heterocycles. The van der Waals surface area contributed by atoms with Gasteiger partial charge in [-0.2, -0.15) is 0 Å². The molecule has 0 fully saturated rings. The van der Waals surface area contributed by atoms with Crippen LogP contribution in [0, 0.1) is 0 Å². The molecule has 4 heteroatoms. The fourth-order valence-electron chi connectivity index (χ4n) is 1.73. The van der Waals surface area contributed by atoms with Gasteiger partial charge in [-0.15, -0.1) is 0 Å². The second-order valence-corrected chi connectivity index (χ2v) is 4.63.